The standard InChI is InChI=1S/C24H28N4O5/c1-28(2)21(29)14-32-22(30)12-15-6-10-18(11-7-15)33-23(31)19-5-3-4-16-8-9-17(13-20(16)19)27-24(25)26/h6-11,13,19H,3-5,12,14H2,1-2H3,(H4,25,26,27). The van der Waals surface area contributed by atoms with Crippen LogP contribution in [0.15, 0.2) is 47.5 Å². The van der Waals surface area contributed by atoms with E-state index in [1.54, 1.807) is 38.4 Å². The number of rotatable bonds is 7. The summed E-state index contributed by atoms with van der Waals surface area (Å²) in [5.41, 5.74) is 14.2. The number of hydrogen-bond acceptors (Lipinski definition) is 6. The van der Waals surface area contributed by atoms with Gasteiger partial charge in [-0.25, -0.2) is 4.99 Å². The van der Waals surface area contributed by atoms with Gasteiger partial charge in [0, 0.05) is 14.1 Å². The molecule has 4 N–H and O–H groups in total. The highest BCUT2D eigenvalue weighted by Crippen LogP contribution is 2.35. The summed E-state index contributed by atoms with van der Waals surface area (Å²) >= 11 is 0. The Hall–Kier alpha value is -3.88. The third-order valence-corrected chi connectivity index (χ3v) is 5.33. The molecule has 1 atom stereocenters. The molecule has 9 heteroatoms. The van der Waals surface area contributed by atoms with Crippen LogP contribution in [-0.4, -0.2) is 49.4 Å². The predicted octanol–water partition coefficient (Wildman–Crippen LogP) is 1.79. The van der Waals surface area contributed by atoms with E-state index in [0.717, 1.165) is 24.0 Å². The van der Waals surface area contributed by atoms with Gasteiger partial charge in [0.15, 0.2) is 12.6 Å². The minimum absolute atomic E-state index is 0.0124. The van der Waals surface area contributed by atoms with Crippen molar-refractivity contribution in [3.05, 3.63) is 59.2 Å². The van der Waals surface area contributed by atoms with Gasteiger partial charge in [0.1, 0.15) is 5.75 Å². The highest BCUT2D eigenvalue weighted by atomic mass is 16.5. The fourth-order valence-electron chi connectivity index (χ4n) is 3.60. The number of fused-ring (bicyclic) bond motifs is 1. The number of nitrogens with zero attached hydrogens (tertiary/aromatic N) is 2. The Kier molecular flexibility index (Phi) is 7.66. The Morgan fingerprint density at radius 2 is 1.82 bits per heavy atom. The molecule has 1 aliphatic carbocycles. The smallest absolute Gasteiger partial charge is 0.318 e. The fraction of sp³-hybridized carbons (Fsp3) is 0.333. The molecule has 1 aliphatic rings. The lowest BCUT2D eigenvalue weighted by Crippen LogP contribution is -2.27. The second kappa shape index (κ2) is 10.6. The molecule has 0 saturated heterocycles. The third kappa shape index (κ3) is 6.55. The van der Waals surface area contributed by atoms with Gasteiger partial charge >= 0.3 is 11.9 Å². The second-order valence-corrected chi connectivity index (χ2v) is 8.06. The monoisotopic (exact) mass is 452 g/mol. The van der Waals surface area contributed by atoms with Crippen molar-refractivity contribution in [3.8, 4) is 5.75 Å². The molecule has 0 fully saturated rings. The number of hydrogen-bond donors (Lipinski definition) is 2. The van der Waals surface area contributed by atoms with Gasteiger partial charge in [-0.2, -0.15) is 0 Å². The summed E-state index contributed by atoms with van der Waals surface area (Å²) in [4.78, 5) is 41.8. The molecular weight excluding hydrogens is 424 g/mol. The van der Waals surface area contributed by atoms with Crippen molar-refractivity contribution in [1.29, 1.82) is 0 Å². The quantitative estimate of drug-likeness (QED) is 0.283. The third-order valence-electron chi connectivity index (χ3n) is 5.33. The molecule has 0 saturated carbocycles. The Bertz CT molecular complexity index is 1060. The molecule has 174 valence electrons. The molecule has 2 aromatic rings. The summed E-state index contributed by atoms with van der Waals surface area (Å²) in [5.74, 6) is -1.23. The number of amides is 1. The van der Waals surface area contributed by atoms with Crippen molar-refractivity contribution in [1.82, 2.24) is 4.90 Å². The molecule has 0 spiro atoms. The van der Waals surface area contributed by atoms with E-state index >= 15 is 0 Å². The van der Waals surface area contributed by atoms with Gasteiger partial charge in [0.25, 0.3) is 5.91 Å². The van der Waals surface area contributed by atoms with E-state index in [9.17, 15) is 14.4 Å². The molecule has 2 aromatic carbocycles. The summed E-state index contributed by atoms with van der Waals surface area (Å²) < 4.78 is 10.6. The number of esters is 2. The zero-order valence-electron chi connectivity index (χ0n) is 18.7. The molecule has 0 radical (unpaired) electrons. The summed E-state index contributed by atoms with van der Waals surface area (Å²) in [7, 11) is 3.18. The van der Waals surface area contributed by atoms with Crippen LogP contribution in [0.1, 0.15) is 35.4 Å². The van der Waals surface area contributed by atoms with Crippen molar-refractivity contribution in [3.63, 3.8) is 0 Å². The number of carbonyl (C=O) groups is 3. The van der Waals surface area contributed by atoms with Crippen molar-refractivity contribution in [2.24, 2.45) is 16.5 Å². The Labute approximate surface area is 192 Å². The first kappa shape index (κ1) is 23.8. The Morgan fingerprint density at radius 1 is 1.09 bits per heavy atom. The molecule has 3 rings (SSSR count). The highest BCUT2D eigenvalue weighted by Gasteiger charge is 2.28. The first-order chi connectivity index (χ1) is 15.7. The van der Waals surface area contributed by atoms with Crippen molar-refractivity contribution < 1.29 is 23.9 Å². The van der Waals surface area contributed by atoms with Crippen LogP contribution in [-0.2, 0) is 32.0 Å². The maximum absolute atomic E-state index is 12.9. The Balaban J connectivity index is 1.62. The number of aryl methyl sites for hydroxylation is 1. The molecule has 1 unspecified atom stereocenters. The molecule has 33 heavy (non-hydrogen) atoms. The van der Waals surface area contributed by atoms with Crippen LogP contribution in [0.3, 0.4) is 0 Å². The first-order valence-corrected chi connectivity index (χ1v) is 10.6. The van der Waals surface area contributed by atoms with Gasteiger partial charge in [-0.1, -0.05) is 18.2 Å². The summed E-state index contributed by atoms with van der Waals surface area (Å²) in [5, 5.41) is 0. The molecule has 0 aliphatic heterocycles. The lowest BCUT2D eigenvalue weighted by molar-refractivity contribution is -0.150. The molecule has 0 bridgehead atoms. The van der Waals surface area contributed by atoms with E-state index in [1.165, 1.54) is 4.90 Å². The predicted molar refractivity (Wildman–Crippen MR) is 123 cm³/mol. The van der Waals surface area contributed by atoms with Gasteiger partial charge in [-0.3, -0.25) is 14.4 Å². The zero-order valence-corrected chi connectivity index (χ0v) is 18.7. The Morgan fingerprint density at radius 3 is 2.48 bits per heavy atom. The van der Waals surface area contributed by atoms with Gasteiger partial charge in [-0.05, 0) is 60.2 Å². The van der Waals surface area contributed by atoms with E-state index < -0.39 is 11.9 Å². The second-order valence-electron chi connectivity index (χ2n) is 8.06. The summed E-state index contributed by atoms with van der Waals surface area (Å²) in [6.07, 6.45) is 2.45. The van der Waals surface area contributed by atoms with E-state index in [1.807, 2.05) is 18.2 Å². The van der Waals surface area contributed by atoms with E-state index in [4.69, 9.17) is 20.9 Å². The fourth-order valence-corrected chi connectivity index (χ4v) is 3.60. The zero-order chi connectivity index (χ0) is 24.0. The van der Waals surface area contributed by atoms with Crippen LogP contribution in [0.4, 0.5) is 5.69 Å². The summed E-state index contributed by atoms with van der Waals surface area (Å²) in [6, 6.07) is 12.2. The van der Waals surface area contributed by atoms with E-state index in [2.05, 4.69) is 4.99 Å². The maximum atomic E-state index is 12.9. The number of carbonyl (C=O) groups excluding carboxylic acids is 3. The van der Waals surface area contributed by atoms with Crippen LogP contribution < -0.4 is 16.2 Å². The average molecular weight is 453 g/mol. The molecule has 1 amide bonds. The van der Waals surface area contributed by atoms with E-state index in [-0.39, 0.29) is 30.9 Å². The van der Waals surface area contributed by atoms with Crippen molar-refractivity contribution in [2.75, 3.05) is 20.7 Å². The number of nitrogens with two attached hydrogens (primary N) is 2. The summed E-state index contributed by atoms with van der Waals surface area (Å²) in [6.45, 7) is -0.296. The number of benzene rings is 2. The first-order valence-electron chi connectivity index (χ1n) is 10.6. The molecular formula is C24H28N4O5. The van der Waals surface area contributed by atoms with Gasteiger partial charge in [-0.15, -0.1) is 0 Å². The number of ether oxygens (including phenoxy) is 2. The normalized spacial score (nSPS) is 14.5. The van der Waals surface area contributed by atoms with Crippen LogP contribution in [0.2, 0.25) is 0 Å². The lowest BCUT2D eigenvalue weighted by Gasteiger charge is -2.24. The van der Waals surface area contributed by atoms with Crippen molar-refractivity contribution in [2.45, 2.75) is 31.6 Å². The molecule has 9 nitrogen and oxygen atoms in total. The SMILES string of the molecule is CN(C)C(=O)COC(=O)Cc1ccc(OC(=O)C2CCCc3ccc(N=C(N)N)cc32)cc1. The minimum atomic E-state index is -0.509. The van der Waals surface area contributed by atoms with Crippen LogP contribution in [0, 0.1) is 0 Å². The average Bonchev–Trinajstić information content (AvgIpc) is 2.77. The van der Waals surface area contributed by atoms with E-state index in [0.29, 0.717) is 23.4 Å². The minimum Gasteiger partial charge on any atom is -0.455 e. The van der Waals surface area contributed by atoms with Crippen molar-refractivity contribution >= 4 is 29.5 Å². The van der Waals surface area contributed by atoms with Crippen LogP contribution in [0.5, 0.6) is 5.75 Å². The van der Waals surface area contributed by atoms with Crippen LogP contribution >= 0.6 is 0 Å². The highest BCUT2D eigenvalue weighted by molar-refractivity contribution is 5.83. The largest absolute Gasteiger partial charge is 0.455 e. The molecule has 0 heterocycles. The number of likely N-dealkylation sites (N-methyl/N-ethyl adjacent to an activating group) is 1. The van der Waals surface area contributed by atoms with Gasteiger partial charge in [0.2, 0.25) is 0 Å². The lowest BCUT2D eigenvalue weighted by atomic mass is 9.82. The number of aliphatic imine (C=N–C) groups is 1. The molecule has 0 aromatic heterocycles. The topological polar surface area (TPSA) is 137 Å². The van der Waals surface area contributed by atoms with Crippen LogP contribution in [0.25, 0.3) is 0 Å². The van der Waals surface area contributed by atoms with Gasteiger partial charge < -0.3 is 25.8 Å². The maximum Gasteiger partial charge on any atom is 0.318 e. The number of guanidine groups is 1. The van der Waals surface area contributed by atoms with Gasteiger partial charge in [0.05, 0.1) is 18.0 Å².